The largest absolute Gasteiger partial charge is 0.282 e. The Morgan fingerprint density at radius 3 is 1.62 bits per heavy atom. The fourth-order valence-electron chi connectivity index (χ4n) is 2.77. The molecule has 0 unspecified atom stereocenters. The van der Waals surface area contributed by atoms with Crippen molar-refractivity contribution in [3.8, 4) is 0 Å². The summed E-state index contributed by atoms with van der Waals surface area (Å²) in [6.07, 6.45) is 0.772. The lowest BCUT2D eigenvalue weighted by Crippen LogP contribution is -2.48. The van der Waals surface area contributed by atoms with Crippen LogP contribution < -0.4 is 0 Å². The molecule has 0 aliphatic carbocycles. The van der Waals surface area contributed by atoms with Crippen LogP contribution in [0.4, 0.5) is 0 Å². The third kappa shape index (κ3) is 3.76. The van der Waals surface area contributed by atoms with Gasteiger partial charge >= 0.3 is 0 Å². The zero-order chi connectivity index (χ0) is 17.2. The topological polar surface area (TPSA) is 40.6 Å². The molecular formula is C17H18Cl2N2O2S. The second-order valence-corrected chi connectivity index (χ2v) is 8.45. The smallest absolute Gasteiger partial charge is 0.195 e. The maximum Gasteiger partial charge on any atom is 0.282 e. The van der Waals surface area contributed by atoms with Crippen molar-refractivity contribution in [2.75, 3.05) is 13.1 Å². The first-order valence-electron chi connectivity index (χ1n) is 7.70. The predicted molar refractivity (Wildman–Crippen MR) is 97.3 cm³/mol. The van der Waals surface area contributed by atoms with Crippen LogP contribution in [0.2, 0.25) is 10.0 Å². The molecule has 1 heterocycles. The molecule has 0 atom stereocenters. The van der Waals surface area contributed by atoms with Gasteiger partial charge in [-0.1, -0.05) is 59.6 Å². The number of benzene rings is 2. The quantitative estimate of drug-likeness (QED) is 0.800. The molecule has 0 amide bonds. The fraction of sp³-hybridized carbons (Fsp3) is 0.294. The molecule has 2 aromatic rings. The molecule has 0 spiro atoms. The Morgan fingerprint density at radius 2 is 1.21 bits per heavy atom. The lowest BCUT2D eigenvalue weighted by atomic mass is 10.2. The molecule has 1 fully saturated rings. The molecule has 128 valence electrons. The van der Waals surface area contributed by atoms with Gasteiger partial charge in [0.1, 0.15) is 0 Å². The van der Waals surface area contributed by atoms with E-state index in [-0.39, 0.29) is 13.1 Å². The van der Waals surface area contributed by atoms with Crippen LogP contribution in [0, 0.1) is 0 Å². The first-order valence-corrected chi connectivity index (χ1v) is 9.86. The molecule has 4 nitrogen and oxygen atoms in total. The highest BCUT2D eigenvalue weighted by atomic mass is 35.5. The van der Waals surface area contributed by atoms with Gasteiger partial charge in [-0.05, 0) is 29.7 Å². The molecule has 0 N–H and O–H groups in total. The van der Waals surface area contributed by atoms with Crippen LogP contribution in [-0.4, -0.2) is 30.1 Å². The summed E-state index contributed by atoms with van der Waals surface area (Å²) in [7, 11) is -3.54. The third-order valence-electron chi connectivity index (χ3n) is 4.08. The summed E-state index contributed by atoms with van der Waals surface area (Å²) >= 11 is 12.3. The van der Waals surface area contributed by atoms with Crippen LogP contribution in [0.3, 0.4) is 0 Å². The van der Waals surface area contributed by atoms with E-state index >= 15 is 0 Å². The SMILES string of the molecule is O=S1(=O)N(Cc2ccccc2Cl)CCCN1Cc1ccccc1Cl. The Morgan fingerprint density at radius 1 is 0.792 bits per heavy atom. The number of nitrogens with zero attached hydrogens (tertiary/aromatic N) is 2. The molecule has 0 bridgehead atoms. The average Bonchev–Trinajstić information content (AvgIpc) is 2.55. The first kappa shape index (κ1) is 17.7. The summed E-state index contributed by atoms with van der Waals surface area (Å²) in [6.45, 7) is 1.54. The summed E-state index contributed by atoms with van der Waals surface area (Å²) in [5, 5.41) is 1.16. The van der Waals surface area contributed by atoms with Crippen molar-refractivity contribution in [3.05, 3.63) is 69.7 Å². The summed E-state index contributed by atoms with van der Waals surface area (Å²) in [4.78, 5) is 0. The van der Waals surface area contributed by atoms with Crippen LogP contribution >= 0.6 is 23.2 Å². The zero-order valence-electron chi connectivity index (χ0n) is 13.0. The van der Waals surface area contributed by atoms with Crippen molar-refractivity contribution in [1.82, 2.24) is 8.61 Å². The van der Waals surface area contributed by atoms with Crippen molar-refractivity contribution >= 4 is 33.4 Å². The van der Waals surface area contributed by atoms with Crippen molar-refractivity contribution in [1.29, 1.82) is 0 Å². The fourth-order valence-corrected chi connectivity index (χ4v) is 4.81. The minimum Gasteiger partial charge on any atom is -0.195 e. The van der Waals surface area contributed by atoms with Gasteiger partial charge in [0, 0.05) is 36.2 Å². The molecule has 3 rings (SSSR count). The Kier molecular flexibility index (Phi) is 5.47. The van der Waals surface area contributed by atoms with Gasteiger partial charge < -0.3 is 0 Å². The van der Waals surface area contributed by atoms with Crippen molar-refractivity contribution < 1.29 is 8.42 Å². The molecule has 1 saturated heterocycles. The van der Waals surface area contributed by atoms with E-state index in [1.165, 1.54) is 8.61 Å². The van der Waals surface area contributed by atoms with Crippen LogP contribution in [0.5, 0.6) is 0 Å². The third-order valence-corrected chi connectivity index (χ3v) is 6.74. The lowest BCUT2D eigenvalue weighted by molar-refractivity contribution is 0.276. The van der Waals surface area contributed by atoms with Gasteiger partial charge in [-0.25, -0.2) is 0 Å². The van der Waals surface area contributed by atoms with E-state index in [2.05, 4.69) is 0 Å². The standard InChI is InChI=1S/C17H18Cl2N2O2S/c18-16-8-3-1-6-14(16)12-20-10-5-11-21(24(20,22)23)13-15-7-2-4-9-17(15)19/h1-4,6-9H,5,10-13H2. The average molecular weight is 385 g/mol. The minimum absolute atomic E-state index is 0.279. The van der Waals surface area contributed by atoms with Crippen LogP contribution in [0.1, 0.15) is 17.5 Å². The highest BCUT2D eigenvalue weighted by Gasteiger charge is 2.34. The number of rotatable bonds is 4. The van der Waals surface area contributed by atoms with E-state index in [1.54, 1.807) is 12.1 Å². The summed E-state index contributed by atoms with van der Waals surface area (Å²) in [5.74, 6) is 0. The predicted octanol–water partition coefficient (Wildman–Crippen LogP) is 3.95. The highest BCUT2D eigenvalue weighted by molar-refractivity contribution is 7.86. The van der Waals surface area contributed by atoms with E-state index in [0.717, 1.165) is 17.5 Å². The summed E-state index contributed by atoms with van der Waals surface area (Å²) < 4.78 is 28.8. The maximum atomic E-state index is 12.9. The zero-order valence-corrected chi connectivity index (χ0v) is 15.4. The van der Waals surface area contributed by atoms with E-state index < -0.39 is 10.2 Å². The van der Waals surface area contributed by atoms with E-state index in [0.29, 0.717) is 23.1 Å². The minimum atomic E-state index is -3.54. The van der Waals surface area contributed by atoms with Crippen molar-refractivity contribution in [3.63, 3.8) is 0 Å². The lowest BCUT2D eigenvalue weighted by Gasteiger charge is -2.35. The number of hydrogen-bond donors (Lipinski definition) is 0. The van der Waals surface area contributed by atoms with E-state index in [1.807, 2.05) is 36.4 Å². The Labute approximate surface area is 152 Å². The molecule has 2 aromatic carbocycles. The molecule has 1 aliphatic heterocycles. The van der Waals surface area contributed by atoms with Crippen molar-refractivity contribution in [2.24, 2.45) is 0 Å². The van der Waals surface area contributed by atoms with Gasteiger partial charge in [0.15, 0.2) is 0 Å². The summed E-state index contributed by atoms with van der Waals surface area (Å²) in [6, 6.07) is 14.6. The molecular weight excluding hydrogens is 367 g/mol. The molecule has 0 saturated carbocycles. The van der Waals surface area contributed by atoms with Crippen LogP contribution in [-0.2, 0) is 23.3 Å². The maximum absolute atomic E-state index is 12.9. The number of halogens is 2. The van der Waals surface area contributed by atoms with Gasteiger partial charge in [-0.3, -0.25) is 0 Å². The Bertz CT molecular complexity index is 765. The van der Waals surface area contributed by atoms with Gasteiger partial charge in [-0.15, -0.1) is 0 Å². The van der Waals surface area contributed by atoms with E-state index in [9.17, 15) is 8.42 Å². The monoisotopic (exact) mass is 384 g/mol. The molecule has 0 radical (unpaired) electrons. The second kappa shape index (κ2) is 7.42. The van der Waals surface area contributed by atoms with Gasteiger partial charge in [0.2, 0.25) is 0 Å². The first-order chi connectivity index (χ1) is 11.5. The second-order valence-electron chi connectivity index (χ2n) is 5.71. The summed E-state index contributed by atoms with van der Waals surface area (Å²) in [5.41, 5.74) is 1.62. The Balaban J connectivity index is 1.81. The molecule has 0 aromatic heterocycles. The van der Waals surface area contributed by atoms with Gasteiger partial charge in [-0.2, -0.15) is 17.0 Å². The highest BCUT2D eigenvalue weighted by Crippen LogP contribution is 2.26. The van der Waals surface area contributed by atoms with Gasteiger partial charge in [0.05, 0.1) is 0 Å². The normalized spacial score (nSPS) is 18.6. The molecule has 1 aliphatic rings. The van der Waals surface area contributed by atoms with Gasteiger partial charge in [0.25, 0.3) is 10.2 Å². The molecule has 7 heteroatoms. The number of hydrogen-bond acceptors (Lipinski definition) is 2. The van der Waals surface area contributed by atoms with Crippen molar-refractivity contribution in [2.45, 2.75) is 19.5 Å². The Hall–Kier alpha value is -1.11. The van der Waals surface area contributed by atoms with Crippen LogP contribution in [0.15, 0.2) is 48.5 Å². The molecule has 24 heavy (non-hydrogen) atoms. The van der Waals surface area contributed by atoms with E-state index in [4.69, 9.17) is 23.2 Å². The van der Waals surface area contributed by atoms with Crippen LogP contribution in [0.25, 0.3) is 0 Å².